The van der Waals surface area contributed by atoms with E-state index in [1.54, 1.807) is 25.6 Å². The minimum absolute atomic E-state index is 0.467. The van der Waals surface area contributed by atoms with Crippen LogP contribution < -0.4 is 14.8 Å². The first-order valence-corrected chi connectivity index (χ1v) is 11.8. The molecule has 0 saturated carbocycles. The number of thiazole rings is 1. The highest BCUT2D eigenvalue weighted by molar-refractivity contribution is 7.09. The summed E-state index contributed by atoms with van der Waals surface area (Å²) in [5.41, 5.74) is 2.28. The molecule has 2 heterocycles. The Morgan fingerprint density at radius 3 is 2.52 bits per heavy atom. The molecule has 0 aliphatic carbocycles. The Labute approximate surface area is 190 Å². The van der Waals surface area contributed by atoms with E-state index in [0.29, 0.717) is 12.5 Å². The highest BCUT2D eigenvalue weighted by atomic mass is 32.1. The van der Waals surface area contributed by atoms with Crippen molar-refractivity contribution < 1.29 is 9.47 Å². The van der Waals surface area contributed by atoms with Crippen LogP contribution in [-0.4, -0.2) is 67.7 Å². The van der Waals surface area contributed by atoms with Gasteiger partial charge in [-0.15, -0.1) is 11.3 Å². The van der Waals surface area contributed by atoms with Crippen LogP contribution in [0.15, 0.2) is 28.6 Å². The molecule has 0 amide bonds. The van der Waals surface area contributed by atoms with Crippen LogP contribution in [0.1, 0.15) is 43.0 Å². The second kappa shape index (κ2) is 11.3. The standard InChI is InChI=1S/C23H35N5O2S/c1-6-24-23(25-14-19-16-31-22(26-19)17(2)3)28-11-9-27(10-12-28)15-18-7-8-20(29-4)21(13-18)30-5/h7-8,13,16-17H,6,9-12,14-15H2,1-5H3,(H,24,25). The van der Waals surface area contributed by atoms with Crippen molar-refractivity contribution in [1.29, 1.82) is 0 Å². The zero-order valence-corrected chi connectivity index (χ0v) is 20.2. The van der Waals surface area contributed by atoms with E-state index in [4.69, 9.17) is 19.5 Å². The maximum Gasteiger partial charge on any atom is 0.194 e. The summed E-state index contributed by atoms with van der Waals surface area (Å²) in [7, 11) is 3.34. The average Bonchev–Trinajstić information content (AvgIpc) is 3.26. The molecule has 1 aromatic carbocycles. The van der Waals surface area contributed by atoms with Gasteiger partial charge in [0.15, 0.2) is 17.5 Å². The monoisotopic (exact) mass is 445 g/mol. The third-order valence-electron chi connectivity index (χ3n) is 5.32. The average molecular weight is 446 g/mol. The van der Waals surface area contributed by atoms with E-state index in [9.17, 15) is 0 Å². The number of hydrogen-bond acceptors (Lipinski definition) is 6. The summed E-state index contributed by atoms with van der Waals surface area (Å²) in [5.74, 6) is 2.99. The molecule has 0 unspecified atom stereocenters. The van der Waals surface area contributed by atoms with Gasteiger partial charge in [0, 0.05) is 50.6 Å². The maximum absolute atomic E-state index is 5.44. The minimum Gasteiger partial charge on any atom is -0.493 e. The number of nitrogens with one attached hydrogen (secondary N) is 1. The minimum atomic E-state index is 0.467. The molecule has 1 saturated heterocycles. The van der Waals surface area contributed by atoms with Gasteiger partial charge in [-0.2, -0.15) is 0 Å². The molecule has 0 atom stereocenters. The first-order valence-electron chi connectivity index (χ1n) is 10.9. The molecule has 0 radical (unpaired) electrons. The van der Waals surface area contributed by atoms with Gasteiger partial charge in [-0.25, -0.2) is 9.98 Å². The topological polar surface area (TPSA) is 62.2 Å². The number of nitrogens with zero attached hydrogens (tertiary/aromatic N) is 4. The van der Waals surface area contributed by atoms with Crippen LogP contribution in [0.3, 0.4) is 0 Å². The molecule has 1 fully saturated rings. The quantitative estimate of drug-likeness (QED) is 0.495. The zero-order valence-electron chi connectivity index (χ0n) is 19.4. The number of guanidine groups is 1. The molecule has 1 aromatic heterocycles. The summed E-state index contributed by atoms with van der Waals surface area (Å²) in [4.78, 5) is 14.4. The Morgan fingerprint density at radius 2 is 1.90 bits per heavy atom. The number of hydrogen-bond donors (Lipinski definition) is 1. The normalized spacial score (nSPS) is 15.4. The molecule has 1 N–H and O–H groups in total. The molecule has 31 heavy (non-hydrogen) atoms. The fraction of sp³-hybridized carbons (Fsp3) is 0.565. The van der Waals surface area contributed by atoms with Crippen molar-refractivity contribution in [3.05, 3.63) is 39.8 Å². The number of piperazine rings is 1. The number of ether oxygens (including phenoxy) is 2. The molecular formula is C23H35N5O2S. The van der Waals surface area contributed by atoms with Crippen molar-refractivity contribution >= 4 is 17.3 Å². The van der Waals surface area contributed by atoms with Crippen LogP contribution in [0.25, 0.3) is 0 Å². The first-order chi connectivity index (χ1) is 15.0. The van der Waals surface area contributed by atoms with Gasteiger partial charge in [0.25, 0.3) is 0 Å². The van der Waals surface area contributed by atoms with Gasteiger partial charge in [0.1, 0.15) is 0 Å². The van der Waals surface area contributed by atoms with E-state index in [0.717, 1.165) is 62.4 Å². The van der Waals surface area contributed by atoms with Crippen LogP contribution in [-0.2, 0) is 13.1 Å². The molecule has 2 aromatic rings. The largest absolute Gasteiger partial charge is 0.493 e. The van der Waals surface area contributed by atoms with E-state index in [1.165, 1.54) is 10.6 Å². The molecule has 3 rings (SSSR count). The Hall–Kier alpha value is -2.32. The highest BCUT2D eigenvalue weighted by Gasteiger charge is 2.20. The molecular weight excluding hydrogens is 410 g/mol. The van der Waals surface area contributed by atoms with Gasteiger partial charge >= 0.3 is 0 Å². The fourth-order valence-corrected chi connectivity index (χ4v) is 4.42. The van der Waals surface area contributed by atoms with Crippen molar-refractivity contribution in [1.82, 2.24) is 20.1 Å². The maximum atomic E-state index is 5.44. The molecule has 8 heteroatoms. The van der Waals surface area contributed by atoms with Gasteiger partial charge in [-0.3, -0.25) is 4.90 Å². The second-order valence-corrected chi connectivity index (χ2v) is 8.84. The lowest BCUT2D eigenvalue weighted by molar-refractivity contribution is 0.172. The van der Waals surface area contributed by atoms with E-state index in [2.05, 4.69) is 53.4 Å². The fourth-order valence-electron chi connectivity index (χ4n) is 3.60. The molecule has 1 aliphatic rings. The van der Waals surface area contributed by atoms with Crippen molar-refractivity contribution in [2.75, 3.05) is 46.9 Å². The lowest BCUT2D eigenvalue weighted by Crippen LogP contribution is -2.52. The van der Waals surface area contributed by atoms with Gasteiger partial charge in [-0.05, 0) is 24.6 Å². The van der Waals surface area contributed by atoms with Crippen molar-refractivity contribution in [2.45, 2.75) is 39.8 Å². The van der Waals surface area contributed by atoms with E-state index < -0.39 is 0 Å². The number of rotatable bonds is 8. The SMILES string of the molecule is CCNC(=NCc1csc(C(C)C)n1)N1CCN(Cc2ccc(OC)c(OC)c2)CC1. The number of methoxy groups -OCH3 is 2. The zero-order chi connectivity index (χ0) is 22.2. The molecule has 7 nitrogen and oxygen atoms in total. The third kappa shape index (κ3) is 6.33. The number of aliphatic imine (C=N–C) groups is 1. The lowest BCUT2D eigenvalue weighted by atomic mass is 10.1. The molecule has 0 bridgehead atoms. The summed E-state index contributed by atoms with van der Waals surface area (Å²) in [6.07, 6.45) is 0. The van der Waals surface area contributed by atoms with Crippen molar-refractivity contribution in [3.8, 4) is 11.5 Å². The Balaban J connectivity index is 1.56. The molecule has 170 valence electrons. The Bertz CT molecular complexity index is 859. The van der Waals surface area contributed by atoms with Crippen LogP contribution in [0.5, 0.6) is 11.5 Å². The Morgan fingerprint density at radius 1 is 1.16 bits per heavy atom. The lowest BCUT2D eigenvalue weighted by Gasteiger charge is -2.36. The van der Waals surface area contributed by atoms with Crippen molar-refractivity contribution in [3.63, 3.8) is 0 Å². The Kier molecular flexibility index (Phi) is 8.54. The molecule has 0 spiro atoms. The summed E-state index contributed by atoms with van der Waals surface area (Å²) in [6, 6.07) is 6.15. The van der Waals surface area contributed by atoms with Crippen LogP contribution >= 0.6 is 11.3 Å². The van der Waals surface area contributed by atoms with Gasteiger partial charge < -0.3 is 19.7 Å². The van der Waals surface area contributed by atoms with Gasteiger partial charge in [0.05, 0.1) is 31.5 Å². The van der Waals surface area contributed by atoms with E-state index in [1.807, 2.05) is 6.07 Å². The van der Waals surface area contributed by atoms with Crippen LogP contribution in [0, 0.1) is 0 Å². The first kappa shape index (κ1) is 23.3. The van der Waals surface area contributed by atoms with Gasteiger partial charge in [-0.1, -0.05) is 19.9 Å². The van der Waals surface area contributed by atoms with Crippen LogP contribution in [0.2, 0.25) is 0 Å². The van der Waals surface area contributed by atoms with Gasteiger partial charge in [0.2, 0.25) is 0 Å². The summed E-state index contributed by atoms with van der Waals surface area (Å²) >= 11 is 1.73. The predicted octanol–water partition coefficient (Wildman–Crippen LogP) is 3.57. The number of benzene rings is 1. The third-order valence-corrected chi connectivity index (χ3v) is 6.51. The molecule has 1 aliphatic heterocycles. The van der Waals surface area contributed by atoms with Crippen LogP contribution in [0.4, 0.5) is 0 Å². The predicted molar refractivity (Wildman–Crippen MR) is 127 cm³/mol. The summed E-state index contributed by atoms with van der Waals surface area (Å²) in [5, 5.41) is 6.76. The van der Waals surface area contributed by atoms with E-state index in [-0.39, 0.29) is 0 Å². The highest BCUT2D eigenvalue weighted by Crippen LogP contribution is 2.28. The smallest absolute Gasteiger partial charge is 0.194 e. The van der Waals surface area contributed by atoms with E-state index >= 15 is 0 Å². The summed E-state index contributed by atoms with van der Waals surface area (Å²) in [6.45, 7) is 12.7. The summed E-state index contributed by atoms with van der Waals surface area (Å²) < 4.78 is 10.8. The number of aromatic nitrogens is 1. The van der Waals surface area contributed by atoms with Crippen molar-refractivity contribution in [2.24, 2.45) is 4.99 Å². The second-order valence-electron chi connectivity index (χ2n) is 7.95.